The van der Waals surface area contributed by atoms with Gasteiger partial charge in [0, 0.05) is 59.3 Å². The van der Waals surface area contributed by atoms with E-state index in [1.54, 1.807) is 17.4 Å². The van der Waals surface area contributed by atoms with Crippen molar-refractivity contribution in [3.8, 4) is 11.4 Å². The molecule has 0 spiro atoms. The number of aromatic nitrogens is 3. The molecule has 36 heavy (non-hydrogen) atoms. The van der Waals surface area contributed by atoms with E-state index >= 15 is 0 Å². The molecule has 188 valence electrons. The van der Waals surface area contributed by atoms with E-state index in [9.17, 15) is 4.39 Å². The molecule has 1 aliphatic carbocycles. The smallest absolute Gasteiger partial charge is 0.163 e. The third kappa shape index (κ3) is 4.49. The Labute approximate surface area is 213 Å². The van der Waals surface area contributed by atoms with Crippen LogP contribution in [-0.2, 0) is 11.3 Å². The van der Waals surface area contributed by atoms with Crippen molar-refractivity contribution in [2.24, 2.45) is 0 Å². The summed E-state index contributed by atoms with van der Waals surface area (Å²) >= 11 is 1.80. The Hall–Kier alpha value is -2.59. The average molecular weight is 507 g/mol. The first-order valence-corrected chi connectivity index (χ1v) is 13.9. The van der Waals surface area contributed by atoms with Crippen molar-refractivity contribution in [2.45, 2.75) is 44.3 Å². The first-order valence-electron chi connectivity index (χ1n) is 13.1. The Kier molecular flexibility index (Phi) is 5.88. The maximum Gasteiger partial charge on any atom is 0.163 e. The van der Waals surface area contributed by atoms with Crippen LogP contribution in [-0.4, -0.2) is 71.3 Å². The SMILES string of the molecule is Fc1cc(-c2nc(N3CCOCC3)c3sc(CN4CCC(NC5CC5)CC4)cc3n2)c2cc[nH]c2c1. The molecule has 0 amide bonds. The molecular formula is C27H31FN6OS. The van der Waals surface area contributed by atoms with Crippen LogP contribution in [0.2, 0.25) is 0 Å². The lowest BCUT2D eigenvalue weighted by Gasteiger charge is -2.32. The summed E-state index contributed by atoms with van der Waals surface area (Å²) in [4.78, 5) is 19.3. The third-order valence-electron chi connectivity index (χ3n) is 7.61. The molecule has 2 saturated heterocycles. The molecule has 9 heteroatoms. The van der Waals surface area contributed by atoms with Crippen molar-refractivity contribution < 1.29 is 9.13 Å². The summed E-state index contributed by atoms with van der Waals surface area (Å²) in [5, 5.41) is 4.72. The van der Waals surface area contributed by atoms with Crippen LogP contribution in [0.15, 0.2) is 30.5 Å². The summed E-state index contributed by atoms with van der Waals surface area (Å²) in [6.45, 7) is 6.15. The standard InChI is InChI=1S/C27H31FN6OS/c28-17-13-22(21-3-6-29-23(21)14-17)26-31-24-15-20(16-33-7-4-19(5-8-33)30-18-1-2-18)36-25(24)27(32-26)34-9-11-35-12-10-34/h3,6,13-15,18-19,29-30H,1-2,4-5,7-12,16H2. The molecule has 3 fully saturated rings. The fraction of sp³-hybridized carbons (Fsp3) is 0.481. The highest BCUT2D eigenvalue weighted by Crippen LogP contribution is 2.37. The Balaban J connectivity index is 1.22. The number of nitrogens with one attached hydrogen (secondary N) is 2. The van der Waals surface area contributed by atoms with Gasteiger partial charge in [-0.3, -0.25) is 4.90 Å². The van der Waals surface area contributed by atoms with Crippen molar-refractivity contribution in [1.82, 2.24) is 25.2 Å². The highest BCUT2D eigenvalue weighted by molar-refractivity contribution is 7.19. The largest absolute Gasteiger partial charge is 0.378 e. The fourth-order valence-corrected chi connectivity index (χ4v) is 6.69. The number of rotatable bonds is 6. The second kappa shape index (κ2) is 9.37. The van der Waals surface area contributed by atoms with Gasteiger partial charge in [0.15, 0.2) is 11.6 Å². The van der Waals surface area contributed by atoms with Crippen molar-refractivity contribution >= 4 is 38.3 Å². The van der Waals surface area contributed by atoms with E-state index in [-0.39, 0.29) is 5.82 Å². The highest BCUT2D eigenvalue weighted by Gasteiger charge is 2.28. The minimum Gasteiger partial charge on any atom is -0.378 e. The van der Waals surface area contributed by atoms with E-state index in [1.165, 1.54) is 36.6 Å². The number of aromatic amines is 1. The van der Waals surface area contributed by atoms with Crippen LogP contribution in [0.3, 0.4) is 0 Å². The quantitative estimate of drug-likeness (QED) is 0.401. The van der Waals surface area contributed by atoms with E-state index < -0.39 is 0 Å². The van der Waals surface area contributed by atoms with Crippen molar-refractivity contribution in [2.75, 3.05) is 44.3 Å². The number of nitrogens with zero attached hydrogens (tertiary/aromatic N) is 4. The van der Waals surface area contributed by atoms with Crippen LogP contribution in [0.4, 0.5) is 10.2 Å². The maximum atomic E-state index is 14.5. The summed E-state index contributed by atoms with van der Waals surface area (Å²) < 4.78 is 21.2. The molecule has 3 aromatic heterocycles. The first kappa shape index (κ1) is 22.6. The van der Waals surface area contributed by atoms with E-state index in [0.29, 0.717) is 25.1 Å². The van der Waals surface area contributed by atoms with Gasteiger partial charge in [-0.1, -0.05) is 0 Å². The van der Waals surface area contributed by atoms with Crippen molar-refractivity contribution in [3.63, 3.8) is 0 Å². The molecule has 5 heterocycles. The summed E-state index contributed by atoms with van der Waals surface area (Å²) in [7, 11) is 0. The highest BCUT2D eigenvalue weighted by atomic mass is 32.1. The topological polar surface area (TPSA) is 69.3 Å². The van der Waals surface area contributed by atoms with Crippen LogP contribution in [0.25, 0.3) is 32.5 Å². The number of morpholine rings is 1. The molecule has 0 unspecified atom stereocenters. The molecule has 1 saturated carbocycles. The molecular weight excluding hydrogens is 475 g/mol. The zero-order valence-corrected chi connectivity index (χ0v) is 21.1. The number of hydrogen-bond acceptors (Lipinski definition) is 7. The predicted octanol–water partition coefficient (Wildman–Crippen LogP) is 4.53. The number of thiophene rings is 1. The molecule has 2 N–H and O–H groups in total. The van der Waals surface area contributed by atoms with Crippen molar-refractivity contribution in [3.05, 3.63) is 41.2 Å². The zero-order chi connectivity index (χ0) is 24.1. The minimum atomic E-state index is -0.290. The van der Waals surface area contributed by atoms with Gasteiger partial charge in [0.2, 0.25) is 0 Å². The van der Waals surface area contributed by atoms with Crippen LogP contribution in [0, 0.1) is 5.82 Å². The molecule has 4 aromatic rings. The lowest BCUT2D eigenvalue weighted by Crippen LogP contribution is -2.42. The van der Waals surface area contributed by atoms with Crippen LogP contribution in [0.1, 0.15) is 30.6 Å². The number of benzene rings is 1. The monoisotopic (exact) mass is 506 g/mol. The van der Waals surface area contributed by atoms with Gasteiger partial charge in [-0.25, -0.2) is 14.4 Å². The molecule has 7 rings (SSSR count). The Morgan fingerprint density at radius 1 is 1.03 bits per heavy atom. The number of fused-ring (bicyclic) bond motifs is 2. The van der Waals surface area contributed by atoms with Gasteiger partial charge in [0.25, 0.3) is 0 Å². The number of halogens is 1. The number of ether oxygens (including phenoxy) is 1. The van der Waals surface area contributed by atoms with Gasteiger partial charge >= 0.3 is 0 Å². The lowest BCUT2D eigenvalue weighted by atomic mass is 10.0. The van der Waals surface area contributed by atoms with Crippen LogP contribution in [0.5, 0.6) is 0 Å². The normalized spacial score (nSPS) is 20.1. The molecule has 0 bridgehead atoms. The summed E-state index contributed by atoms with van der Waals surface area (Å²) in [6.07, 6.45) is 6.97. The average Bonchev–Trinajstić information content (AvgIpc) is 3.42. The summed E-state index contributed by atoms with van der Waals surface area (Å²) in [5.74, 6) is 1.22. The molecule has 2 aliphatic heterocycles. The number of hydrogen-bond donors (Lipinski definition) is 2. The van der Waals surface area contributed by atoms with Crippen molar-refractivity contribution in [1.29, 1.82) is 0 Å². The molecule has 0 atom stereocenters. The summed E-state index contributed by atoms with van der Waals surface area (Å²) in [5.41, 5.74) is 2.42. The van der Waals surface area contributed by atoms with Gasteiger partial charge in [-0.2, -0.15) is 0 Å². The van der Waals surface area contributed by atoms with Crippen LogP contribution >= 0.6 is 11.3 Å². The van der Waals surface area contributed by atoms with Crippen LogP contribution < -0.4 is 10.2 Å². The molecule has 0 radical (unpaired) electrons. The number of anilines is 1. The summed E-state index contributed by atoms with van der Waals surface area (Å²) in [6, 6.07) is 8.71. The lowest BCUT2D eigenvalue weighted by molar-refractivity contribution is 0.122. The van der Waals surface area contributed by atoms with Gasteiger partial charge in [-0.05, 0) is 63.0 Å². The maximum absolute atomic E-state index is 14.5. The fourth-order valence-electron chi connectivity index (χ4n) is 5.53. The zero-order valence-electron chi connectivity index (χ0n) is 20.3. The van der Waals surface area contributed by atoms with Gasteiger partial charge in [-0.15, -0.1) is 11.3 Å². The number of piperidine rings is 1. The van der Waals surface area contributed by atoms with Gasteiger partial charge < -0.3 is 19.9 Å². The Morgan fingerprint density at radius 3 is 2.64 bits per heavy atom. The minimum absolute atomic E-state index is 0.290. The number of likely N-dealkylation sites (tertiary alicyclic amines) is 1. The molecule has 3 aliphatic rings. The van der Waals surface area contributed by atoms with Gasteiger partial charge in [0.1, 0.15) is 5.82 Å². The Morgan fingerprint density at radius 2 is 1.83 bits per heavy atom. The van der Waals surface area contributed by atoms with E-state index in [2.05, 4.69) is 26.2 Å². The van der Waals surface area contributed by atoms with E-state index in [4.69, 9.17) is 14.7 Å². The Bertz CT molecular complexity index is 1380. The second-order valence-electron chi connectivity index (χ2n) is 10.3. The second-order valence-corrected chi connectivity index (χ2v) is 11.4. The molecule has 1 aromatic carbocycles. The molecule has 7 nitrogen and oxygen atoms in total. The first-order chi connectivity index (χ1) is 17.7. The predicted molar refractivity (Wildman–Crippen MR) is 142 cm³/mol. The van der Waals surface area contributed by atoms with E-state index in [0.717, 1.165) is 71.3 Å². The third-order valence-corrected chi connectivity index (χ3v) is 8.71. The van der Waals surface area contributed by atoms with E-state index in [1.807, 2.05) is 12.3 Å². The van der Waals surface area contributed by atoms with Gasteiger partial charge in [0.05, 0.1) is 23.4 Å². The number of H-pyrrole nitrogens is 1.